The van der Waals surface area contributed by atoms with Gasteiger partial charge in [-0.05, 0) is 105 Å². The van der Waals surface area contributed by atoms with Crippen molar-refractivity contribution >= 4 is 17.6 Å². The minimum Gasteiger partial charge on any atom is -0.481 e. The van der Waals surface area contributed by atoms with Crippen LogP contribution in [0.2, 0.25) is 0 Å². The van der Waals surface area contributed by atoms with Crippen molar-refractivity contribution in [1.29, 1.82) is 0 Å². The number of aromatic nitrogens is 2. The molecule has 2 atom stereocenters. The monoisotopic (exact) mass is 568 g/mol. The Morgan fingerprint density at radius 1 is 1.10 bits per heavy atom. The first kappa shape index (κ1) is 28.7. The summed E-state index contributed by atoms with van der Waals surface area (Å²) in [7, 11) is 0. The largest absolute Gasteiger partial charge is 0.481 e. The fraction of sp³-hybridized carbons (Fsp3) is 0.452. The number of aliphatic carboxylic acids is 1. The fourth-order valence-electron chi connectivity index (χ4n) is 5.87. The molecule has 1 aliphatic carbocycles. The van der Waals surface area contributed by atoms with Gasteiger partial charge in [0, 0.05) is 37.0 Å². The quantitative estimate of drug-likeness (QED) is 0.324. The molecule has 1 aromatic heterocycles. The van der Waals surface area contributed by atoms with E-state index >= 15 is 0 Å². The maximum absolute atomic E-state index is 13.2. The second-order valence-electron chi connectivity index (χ2n) is 11.2. The van der Waals surface area contributed by atoms with E-state index in [1.807, 2.05) is 29.8 Å². The summed E-state index contributed by atoms with van der Waals surface area (Å²) in [6.45, 7) is 2.57. The second-order valence-corrected chi connectivity index (χ2v) is 11.2. The molecule has 1 aliphatic heterocycles. The van der Waals surface area contributed by atoms with E-state index in [2.05, 4.69) is 11.5 Å². The van der Waals surface area contributed by atoms with Crippen LogP contribution >= 0.6 is 0 Å². The topological polar surface area (TPSA) is 87.5 Å². The molecule has 2 unspecified atom stereocenters. The zero-order chi connectivity index (χ0) is 29.1. The van der Waals surface area contributed by atoms with Gasteiger partial charge in [0.15, 0.2) is 0 Å². The summed E-state index contributed by atoms with van der Waals surface area (Å²) >= 11 is 0. The van der Waals surface area contributed by atoms with Crippen LogP contribution in [0, 0.1) is 12.8 Å². The molecule has 5 rings (SSSR count). The number of halogens is 3. The standard InChI is InChI=1S/C31H35F3N4O3/c1-20-17-25(38-19-22-5-2-3-7-27(22)36-38)12-13-26(20)28(14-15-31(32,33)34)35-24-10-8-21(9-11-24)29(39)37-16-4-6-23(18-37)30(40)41/h8-13,17,19,23,28,35H,2-7,14-16,18H2,1H3,(H,40,41). The van der Waals surface area contributed by atoms with E-state index in [-0.39, 0.29) is 18.9 Å². The third kappa shape index (κ3) is 6.92. The molecule has 218 valence electrons. The summed E-state index contributed by atoms with van der Waals surface area (Å²) in [5, 5.41) is 17.3. The number of amides is 1. The molecule has 2 N–H and O–H groups in total. The van der Waals surface area contributed by atoms with Crippen molar-refractivity contribution in [2.24, 2.45) is 5.92 Å². The Morgan fingerprint density at radius 3 is 2.54 bits per heavy atom. The number of piperidine rings is 1. The van der Waals surface area contributed by atoms with Crippen molar-refractivity contribution in [2.45, 2.75) is 70.5 Å². The van der Waals surface area contributed by atoms with Crippen LogP contribution in [0.5, 0.6) is 0 Å². The number of hydrogen-bond acceptors (Lipinski definition) is 4. The molecule has 2 aliphatic rings. The summed E-state index contributed by atoms with van der Waals surface area (Å²) in [6, 6.07) is 11.8. The number of nitrogens with one attached hydrogen (secondary N) is 1. The summed E-state index contributed by atoms with van der Waals surface area (Å²) in [5.41, 5.74) is 5.89. The maximum atomic E-state index is 13.2. The molecule has 10 heteroatoms. The van der Waals surface area contributed by atoms with Crippen LogP contribution < -0.4 is 5.32 Å². The lowest BCUT2D eigenvalue weighted by Crippen LogP contribution is -2.42. The average Bonchev–Trinajstić information content (AvgIpc) is 3.39. The molecule has 1 fully saturated rings. The molecular weight excluding hydrogens is 533 g/mol. The molecule has 2 heterocycles. The maximum Gasteiger partial charge on any atom is 0.389 e. The summed E-state index contributed by atoms with van der Waals surface area (Å²) in [5.74, 6) is -1.72. The van der Waals surface area contributed by atoms with Crippen molar-refractivity contribution in [3.8, 4) is 5.69 Å². The molecule has 1 saturated heterocycles. The number of carbonyl (C=O) groups is 2. The third-order valence-electron chi connectivity index (χ3n) is 8.13. The predicted molar refractivity (Wildman–Crippen MR) is 149 cm³/mol. The predicted octanol–water partition coefficient (Wildman–Crippen LogP) is 6.49. The molecule has 41 heavy (non-hydrogen) atoms. The first-order valence-corrected chi connectivity index (χ1v) is 14.2. The Kier molecular flexibility index (Phi) is 8.37. The van der Waals surface area contributed by atoms with Gasteiger partial charge in [-0.2, -0.15) is 18.3 Å². The zero-order valence-corrected chi connectivity index (χ0v) is 23.1. The second kappa shape index (κ2) is 12.0. The van der Waals surface area contributed by atoms with Crippen LogP contribution in [0.15, 0.2) is 48.7 Å². The van der Waals surface area contributed by atoms with Gasteiger partial charge in [0.1, 0.15) is 0 Å². The van der Waals surface area contributed by atoms with Gasteiger partial charge >= 0.3 is 12.1 Å². The smallest absolute Gasteiger partial charge is 0.389 e. The van der Waals surface area contributed by atoms with Crippen molar-refractivity contribution in [3.63, 3.8) is 0 Å². The van der Waals surface area contributed by atoms with Gasteiger partial charge < -0.3 is 15.3 Å². The number of carbonyl (C=O) groups excluding carboxylic acids is 1. The highest BCUT2D eigenvalue weighted by atomic mass is 19.4. The number of carboxylic acids is 1. The van der Waals surface area contributed by atoms with E-state index in [0.717, 1.165) is 48.2 Å². The molecule has 0 bridgehead atoms. The van der Waals surface area contributed by atoms with Gasteiger partial charge in [-0.1, -0.05) is 6.07 Å². The number of rotatable bonds is 8. The highest BCUT2D eigenvalue weighted by Gasteiger charge is 2.30. The molecule has 0 saturated carbocycles. The number of anilines is 1. The van der Waals surface area contributed by atoms with Crippen LogP contribution in [0.25, 0.3) is 5.69 Å². The van der Waals surface area contributed by atoms with E-state index in [1.165, 1.54) is 5.56 Å². The molecular formula is C31H35F3N4O3. The van der Waals surface area contributed by atoms with Gasteiger partial charge in [0.05, 0.1) is 23.3 Å². The first-order valence-electron chi connectivity index (χ1n) is 14.2. The van der Waals surface area contributed by atoms with Crippen LogP contribution in [0.3, 0.4) is 0 Å². The minimum atomic E-state index is -4.29. The number of benzene rings is 2. The van der Waals surface area contributed by atoms with E-state index in [0.29, 0.717) is 30.6 Å². The fourth-order valence-corrected chi connectivity index (χ4v) is 5.87. The Hall–Kier alpha value is -3.82. The molecule has 2 aromatic carbocycles. The zero-order valence-electron chi connectivity index (χ0n) is 23.1. The Labute approximate surface area is 237 Å². The van der Waals surface area contributed by atoms with Crippen molar-refractivity contribution in [2.75, 3.05) is 18.4 Å². The summed E-state index contributed by atoms with van der Waals surface area (Å²) < 4.78 is 41.6. The van der Waals surface area contributed by atoms with Crippen molar-refractivity contribution in [3.05, 3.63) is 76.6 Å². The van der Waals surface area contributed by atoms with Crippen LogP contribution in [-0.4, -0.2) is 50.9 Å². The van der Waals surface area contributed by atoms with Gasteiger partial charge in [-0.15, -0.1) is 0 Å². The number of likely N-dealkylation sites (tertiary alicyclic amines) is 1. The Bertz CT molecular complexity index is 1380. The van der Waals surface area contributed by atoms with Crippen LogP contribution in [0.1, 0.15) is 77.3 Å². The number of nitrogens with zero attached hydrogens (tertiary/aromatic N) is 3. The average molecular weight is 569 g/mol. The van der Waals surface area contributed by atoms with Crippen molar-refractivity contribution in [1.82, 2.24) is 14.7 Å². The van der Waals surface area contributed by atoms with E-state index in [4.69, 9.17) is 5.10 Å². The van der Waals surface area contributed by atoms with E-state index < -0.39 is 30.5 Å². The van der Waals surface area contributed by atoms with E-state index in [9.17, 15) is 27.9 Å². The molecule has 0 radical (unpaired) electrons. The van der Waals surface area contributed by atoms with Gasteiger partial charge in [0.25, 0.3) is 5.91 Å². The minimum absolute atomic E-state index is 0.148. The number of fused-ring (bicyclic) bond motifs is 1. The lowest BCUT2D eigenvalue weighted by Gasteiger charge is -2.30. The van der Waals surface area contributed by atoms with Crippen LogP contribution in [-0.2, 0) is 17.6 Å². The third-order valence-corrected chi connectivity index (χ3v) is 8.13. The highest BCUT2D eigenvalue weighted by Crippen LogP contribution is 2.33. The molecule has 0 spiro atoms. The van der Waals surface area contributed by atoms with Crippen LogP contribution in [0.4, 0.5) is 18.9 Å². The molecule has 1 amide bonds. The normalized spacial score (nSPS) is 18.0. The summed E-state index contributed by atoms with van der Waals surface area (Å²) in [4.78, 5) is 25.9. The number of alkyl halides is 3. The molecule has 7 nitrogen and oxygen atoms in total. The first-order chi connectivity index (χ1) is 19.6. The number of hydrogen-bond donors (Lipinski definition) is 2. The Morgan fingerprint density at radius 2 is 1.85 bits per heavy atom. The lowest BCUT2D eigenvalue weighted by atomic mass is 9.96. The lowest BCUT2D eigenvalue weighted by molar-refractivity contribution is -0.143. The summed E-state index contributed by atoms with van der Waals surface area (Å²) in [6.07, 6.45) is 2.12. The highest BCUT2D eigenvalue weighted by molar-refractivity contribution is 5.95. The number of aryl methyl sites for hydroxylation is 3. The van der Waals surface area contributed by atoms with Crippen molar-refractivity contribution < 1.29 is 27.9 Å². The van der Waals surface area contributed by atoms with Gasteiger partial charge in [0.2, 0.25) is 0 Å². The SMILES string of the molecule is Cc1cc(-n2cc3c(n2)CCCC3)ccc1C(CCC(F)(F)F)Nc1ccc(C(=O)N2CCCC(C(=O)O)C2)cc1. The Balaban J connectivity index is 1.33. The van der Waals surface area contributed by atoms with Gasteiger partial charge in [-0.25, -0.2) is 4.68 Å². The van der Waals surface area contributed by atoms with E-state index in [1.54, 1.807) is 29.2 Å². The van der Waals surface area contributed by atoms with Gasteiger partial charge in [-0.3, -0.25) is 9.59 Å². The molecule has 3 aromatic rings. The number of carboxylic acid groups (broad SMARTS) is 1.